The van der Waals surface area contributed by atoms with Crippen LogP contribution in [0.25, 0.3) is 0 Å². The molecule has 1 N–H and O–H groups in total. The second kappa shape index (κ2) is 8.80. The predicted octanol–water partition coefficient (Wildman–Crippen LogP) is 3.79. The molecule has 0 saturated carbocycles. The van der Waals surface area contributed by atoms with Gasteiger partial charge in [-0.25, -0.2) is 8.42 Å². The van der Waals surface area contributed by atoms with E-state index in [9.17, 15) is 13.7 Å². The van der Waals surface area contributed by atoms with E-state index in [-0.39, 0.29) is 17.5 Å². The number of hydrogen-bond acceptors (Lipinski definition) is 5. The first-order valence-corrected chi connectivity index (χ1v) is 11.4. The highest BCUT2D eigenvalue weighted by atomic mass is 32.2. The summed E-state index contributed by atoms with van der Waals surface area (Å²) in [7, 11) is -2.24. The monoisotopic (exact) mass is 433 g/mol. The minimum absolute atomic E-state index is 0.184. The smallest absolute Gasteiger partial charge is 0.243 e. The fraction of sp³-hybridized carbons (Fsp3) is 0.208. The third kappa shape index (κ3) is 4.41. The van der Waals surface area contributed by atoms with Crippen molar-refractivity contribution in [3.05, 3.63) is 89.5 Å². The van der Waals surface area contributed by atoms with Gasteiger partial charge >= 0.3 is 0 Å². The summed E-state index contributed by atoms with van der Waals surface area (Å²) < 4.78 is 34.1. The zero-order chi connectivity index (χ0) is 21.8. The summed E-state index contributed by atoms with van der Waals surface area (Å²) in [4.78, 5) is 0.214. The second-order valence-corrected chi connectivity index (χ2v) is 9.32. The van der Waals surface area contributed by atoms with Crippen LogP contribution in [0.1, 0.15) is 16.7 Å². The minimum atomic E-state index is -3.79. The number of anilines is 1. The van der Waals surface area contributed by atoms with Gasteiger partial charge in [0.1, 0.15) is 5.75 Å². The van der Waals surface area contributed by atoms with Crippen molar-refractivity contribution in [3.63, 3.8) is 0 Å². The third-order valence-corrected chi connectivity index (χ3v) is 7.39. The van der Waals surface area contributed by atoms with Crippen molar-refractivity contribution in [2.24, 2.45) is 0 Å². The first-order valence-electron chi connectivity index (χ1n) is 9.98. The van der Waals surface area contributed by atoms with Crippen molar-refractivity contribution in [2.45, 2.75) is 23.9 Å². The number of methoxy groups -OCH3 is 1. The van der Waals surface area contributed by atoms with Gasteiger partial charge in [-0.1, -0.05) is 30.3 Å². The van der Waals surface area contributed by atoms with Crippen LogP contribution in [-0.2, 0) is 23.0 Å². The van der Waals surface area contributed by atoms with E-state index in [0.29, 0.717) is 24.3 Å². The molecule has 3 aromatic carbocycles. The first-order chi connectivity index (χ1) is 15.0. The maximum atomic E-state index is 13.7. The zero-order valence-corrected chi connectivity index (χ0v) is 18.0. The number of nitrogens with one attached hydrogen (secondary N) is 1. The summed E-state index contributed by atoms with van der Waals surface area (Å²) in [5.41, 5.74) is 3.20. The Hall–Kier alpha value is -3.34. The van der Waals surface area contributed by atoms with Crippen LogP contribution < -0.4 is 10.1 Å². The van der Waals surface area contributed by atoms with Crippen molar-refractivity contribution in [1.82, 2.24) is 4.31 Å². The quantitative estimate of drug-likeness (QED) is 0.662. The molecule has 1 aliphatic heterocycles. The summed E-state index contributed by atoms with van der Waals surface area (Å²) >= 11 is 0. The van der Waals surface area contributed by atoms with Gasteiger partial charge in [0, 0.05) is 24.8 Å². The SMILES string of the molecule is COc1ccc(S(=O)(=O)N2Cc3cc(C#N)ccc3NCC2Cc2ccccc2)cc1. The van der Waals surface area contributed by atoms with Gasteiger partial charge in [-0.05, 0) is 60.0 Å². The van der Waals surface area contributed by atoms with Gasteiger partial charge in [-0.3, -0.25) is 0 Å². The number of rotatable bonds is 5. The van der Waals surface area contributed by atoms with Crippen LogP contribution in [-0.4, -0.2) is 32.4 Å². The normalized spacial score (nSPS) is 16.5. The fourth-order valence-electron chi connectivity index (χ4n) is 3.82. The topological polar surface area (TPSA) is 82.4 Å². The summed E-state index contributed by atoms with van der Waals surface area (Å²) in [5, 5.41) is 12.7. The standard InChI is InChI=1S/C24H23N3O3S/c1-30-22-8-10-23(11-9-22)31(28,29)27-17-20-13-19(15-25)7-12-24(20)26-16-21(27)14-18-5-3-2-4-6-18/h2-13,21,26H,14,16-17H2,1H3. The third-order valence-electron chi connectivity index (χ3n) is 5.48. The number of hydrogen-bond donors (Lipinski definition) is 1. The highest BCUT2D eigenvalue weighted by Crippen LogP contribution is 2.30. The number of sulfonamides is 1. The molecule has 1 unspecified atom stereocenters. The molecule has 0 spiro atoms. The van der Waals surface area contributed by atoms with Crippen LogP contribution in [0.5, 0.6) is 5.75 Å². The largest absolute Gasteiger partial charge is 0.497 e. The van der Waals surface area contributed by atoms with Crippen LogP contribution in [0.15, 0.2) is 77.7 Å². The van der Waals surface area contributed by atoms with Gasteiger partial charge in [-0.15, -0.1) is 0 Å². The lowest BCUT2D eigenvalue weighted by Gasteiger charge is -2.29. The molecule has 0 saturated heterocycles. The molecule has 0 bridgehead atoms. The highest BCUT2D eigenvalue weighted by Gasteiger charge is 2.34. The van der Waals surface area contributed by atoms with E-state index < -0.39 is 10.0 Å². The molecular formula is C24H23N3O3S. The maximum absolute atomic E-state index is 13.7. The first kappa shape index (κ1) is 20.9. The van der Waals surface area contributed by atoms with Crippen LogP contribution in [0.3, 0.4) is 0 Å². The minimum Gasteiger partial charge on any atom is -0.497 e. The van der Waals surface area contributed by atoms with Crippen molar-refractivity contribution < 1.29 is 13.2 Å². The molecule has 1 aliphatic rings. The van der Waals surface area contributed by atoms with Gasteiger partial charge in [0.25, 0.3) is 0 Å². The number of fused-ring (bicyclic) bond motifs is 1. The molecule has 0 aliphatic carbocycles. The lowest BCUT2D eigenvalue weighted by atomic mass is 10.1. The van der Waals surface area contributed by atoms with E-state index in [1.165, 1.54) is 0 Å². The summed E-state index contributed by atoms with van der Waals surface area (Å²) in [6.45, 7) is 0.646. The van der Waals surface area contributed by atoms with E-state index in [2.05, 4.69) is 11.4 Å². The Kier molecular flexibility index (Phi) is 5.94. The molecule has 1 heterocycles. The van der Waals surface area contributed by atoms with Gasteiger partial charge < -0.3 is 10.1 Å². The number of benzene rings is 3. The van der Waals surface area contributed by atoms with Gasteiger partial charge in [0.2, 0.25) is 10.0 Å². The van der Waals surface area contributed by atoms with Crippen molar-refractivity contribution in [1.29, 1.82) is 5.26 Å². The predicted molar refractivity (Wildman–Crippen MR) is 119 cm³/mol. The fourth-order valence-corrected chi connectivity index (χ4v) is 5.42. The lowest BCUT2D eigenvalue weighted by molar-refractivity contribution is 0.325. The zero-order valence-electron chi connectivity index (χ0n) is 17.2. The van der Waals surface area contributed by atoms with Crippen LogP contribution in [0.2, 0.25) is 0 Å². The van der Waals surface area contributed by atoms with Crippen LogP contribution in [0, 0.1) is 11.3 Å². The average Bonchev–Trinajstić information content (AvgIpc) is 2.99. The molecule has 31 heavy (non-hydrogen) atoms. The Labute approximate surface area is 182 Å². The molecule has 0 fully saturated rings. The van der Waals surface area contributed by atoms with Crippen molar-refractivity contribution in [2.75, 3.05) is 19.0 Å². The molecule has 0 radical (unpaired) electrons. The Bertz CT molecular complexity index is 1200. The molecule has 1 atom stereocenters. The number of nitriles is 1. The number of nitrogens with zero attached hydrogens (tertiary/aromatic N) is 2. The molecule has 7 heteroatoms. The van der Waals surface area contributed by atoms with E-state index in [0.717, 1.165) is 16.8 Å². The van der Waals surface area contributed by atoms with E-state index in [4.69, 9.17) is 4.74 Å². The Morgan fingerprint density at radius 2 is 1.84 bits per heavy atom. The van der Waals surface area contributed by atoms with Gasteiger partial charge in [-0.2, -0.15) is 9.57 Å². The second-order valence-electron chi connectivity index (χ2n) is 7.43. The summed E-state index contributed by atoms with van der Waals surface area (Å²) in [6, 6.07) is 23.5. The van der Waals surface area contributed by atoms with Crippen LogP contribution >= 0.6 is 0 Å². The maximum Gasteiger partial charge on any atom is 0.243 e. The lowest BCUT2D eigenvalue weighted by Crippen LogP contribution is -2.43. The van der Waals surface area contributed by atoms with Gasteiger partial charge in [0.05, 0.1) is 23.6 Å². The molecule has 4 rings (SSSR count). The van der Waals surface area contributed by atoms with Crippen LogP contribution in [0.4, 0.5) is 5.69 Å². The molecule has 0 aromatic heterocycles. The molecule has 6 nitrogen and oxygen atoms in total. The highest BCUT2D eigenvalue weighted by molar-refractivity contribution is 7.89. The summed E-state index contributed by atoms with van der Waals surface area (Å²) in [6.07, 6.45) is 0.572. The van der Waals surface area contributed by atoms with E-state index >= 15 is 0 Å². The summed E-state index contributed by atoms with van der Waals surface area (Å²) in [5.74, 6) is 0.598. The van der Waals surface area contributed by atoms with Gasteiger partial charge in [0.15, 0.2) is 0 Å². The Morgan fingerprint density at radius 1 is 1.10 bits per heavy atom. The van der Waals surface area contributed by atoms with Crippen molar-refractivity contribution in [3.8, 4) is 11.8 Å². The molecular weight excluding hydrogens is 410 g/mol. The van der Waals surface area contributed by atoms with E-state index in [1.807, 2.05) is 36.4 Å². The van der Waals surface area contributed by atoms with Crippen molar-refractivity contribution >= 4 is 15.7 Å². The molecule has 0 amide bonds. The Morgan fingerprint density at radius 3 is 2.52 bits per heavy atom. The average molecular weight is 434 g/mol. The molecule has 3 aromatic rings. The Balaban J connectivity index is 1.75. The van der Waals surface area contributed by atoms with E-state index in [1.54, 1.807) is 47.8 Å². The number of ether oxygens (including phenoxy) is 1. The molecule has 158 valence electrons.